The first kappa shape index (κ1) is 29.1. The summed E-state index contributed by atoms with van der Waals surface area (Å²) in [7, 11) is 4.44. The highest BCUT2D eigenvalue weighted by molar-refractivity contribution is 6.03. The fraction of sp³-hybridized carbons (Fsp3) is 0.345. The third-order valence-electron chi connectivity index (χ3n) is 6.00. The molecule has 0 saturated heterocycles. The van der Waals surface area contributed by atoms with Crippen molar-refractivity contribution < 1.29 is 33.6 Å². The molecular weight excluding hydrogens is 504 g/mol. The van der Waals surface area contributed by atoms with Crippen molar-refractivity contribution in [2.24, 2.45) is 7.05 Å². The Morgan fingerprint density at radius 3 is 2.33 bits per heavy atom. The number of ether oxygens (including phenoxy) is 4. The van der Waals surface area contributed by atoms with Crippen molar-refractivity contribution >= 4 is 34.5 Å². The Balaban J connectivity index is 1.79. The van der Waals surface area contributed by atoms with Crippen LogP contribution in [0.5, 0.6) is 28.7 Å². The zero-order valence-electron chi connectivity index (χ0n) is 22.8. The van der Waals surface area contributed by atoms with Crippen LogP contribution in [0, 0.1) is 0 Å². The molecule has 0 spiro atoms. The summed E-state index contributed by atoms with van der Waals surface area (Å²) in [6, 6.07) is 8.05. The molecule has 10 nitrogen and oxygen atoms in total. The van der Waals surface area contributed by atoms with Crippen LogP contribution >= 0.6 is 0 Å². The molecule has 1 aromatic heterocycles. The van der Waals surface area contributed by atoms with Crippen LogP contribution in [-0.4, -0.2) is 42.4 Å². The van der Waals surface area contributed by atoms with Gasteiger partial charge in [0, 0.05) is 31.1 Å². The maximum atomic E-state index is 12.8. The topological polar surface area (TPSA) is 125 Å². The second kappa shape index (κ2) is 13.4. The lowest BCUT2D eigenvalue weighted by Gasteiger charge is -2.14. The van der Waals surface area contributed by atoms with Crippen molar-refractivity contribution in [3.05, 3.63) is 52.3 Å². The maximum absolute atomic E-state index is 12.8. The molecule has 0 aliphatic heterocycles. The van der Waals surface area contributed by atoms with Gasteiger partial charge in [0.05, 0.1) is 26.3 Å². The number of aryl methyl sites for hydroxylation is 1. The molecule has 0 saturated carbocycles. The van der Waals surface area contributed by atoms with E-state index in [4.69, 9.17) is 18.9 Å². The summed E-state index contributed by atoms with van der Waals surface area (Å²) in [5.41, 5.74) is 0.982. The number of pyridine rings is 1. The minimum atomic E-state index is -0.526. The van der Waals surface area contributed by atoms with Gasteiger partial charge >= 0.3 is 5.97 Å². The quantitative estimate of drug-likeness (QED) is 0.146. The van der Waals surface area contributed by atoms with E-state index in [0.717, 1.165) is 25.7 Å². The molecule has 2 N–H and O–H groups in total. The molecule has 2 aromatic carbocycles. The van der Waals surface area contributed by atoms with Crippen LogP contribution in [0.15, 0.2) is 41.2 Å². The van der Waals surface area contributed by atoms with E-state index in [0.29, 0.717) is 28.8 Å². The first-order valence-corrected chi connectivity index (χ1v) is 12.6. The third kappa shape index (κ3) is 7.10. The predicted octanol–water partition coefficient (Wildman–Crippen LogP) is 4.80. The number of nitrogens with zero attached hydrogens (tertiary/aromatic N) is 1. The number of aromatic hydroxyl groups is 1. The molecule has 3 rings (SSSR count). The fourth-order valence-electron chi connectivity index (χ4n) is 4.00. The lowest BCUT2D eigenvalue weighted by atomic mass is 10.1. The molecule has 0 fully saturated rings. The number of rotatable bonds is 12. The van der Waals surface area contributed by atoms with Crippen LogP contribution in [0.1, 0.15) is 45.1 Å². The zero-order valence-corrected chi connectivity index (χ0v) is 22.8. The summed E-state index contributed by atoms with van der Waals surface area (Å²) in [5.74, 6) is -0.579. The number of anilines is 1. The van der Waals surface area contributed by atoms with Gasteiger partial charge in [0.25, 0.3) is 5.56 Å². The summed E-state index contributed by atoms with van der Waals surface area (Å²) in [4.78, 5) is 36.9. The van der Waals surface area contributed by atoms with Crippen molar-refractivity contribution in [3.8, 4) is 28.7 Å². The Labute approximate surface area is 226 Å². The SMILES string of the molecule is CCCCCCOc1c(O)c2ccc(NC(=O)C=Cc3cc(OC)c(OC(C)=O)c(OC)c3)cc2n(C)c1=O. The number of unbranched alkanes of at least 4 members (excludes halogenated alkanes) is 3. The second-order valence-electron chi connectivity index (χ2n) is 8.85. The Kier molecular flexibility index (Phi) is 9.97. The van der Waals surface area contributed by atoms with E-state index in [1.165, 1.54) is 31.8 Å². The van der Waals surface area contributed by atoms with Gasteiger partial charge in [-0.2, -0.15) is 0 Å². The summed E-state index contributed by atoms with van der Waals surface area (Å²) < 4.78 is 22.8. The fourth-order valence-corrected chi connectivity index (χ4v) is 4.00. The van der Waals surface area contributed by atoms with Gasteiger partial charge in [0.1, 0.15) is 0 Å². The molecule has 208 valence electrons. The highest BCUT2D eigenvalue weighted by Gasteiger charge is 2.17. The monoisotopic (exact) mass is 538 g/mol. The van der Waals surface area contributed by atoms with Crippen LogP contribution in [-0.2, 0) is 16.6 Å². The van der Waals surface area contributed by atoms with Gasteiger partial charge in [0.15, 0.2) is 17.2 Å². The number of benzene rings is 2. The highest BCUT2D eigenvalue weighted by Crippen LogP contribution is 2.39. The van der Waals surface area contributed by atoms with Crippen LogP contribution < -0.4 is 29.8 Å². The summed E-state index contributed by atoms with van der Waals surface area (Å²) in [6.07, 6.45) is 6.82. The second-order valence-corrected chi connectivity index (χ2v) is 8.85. The van der Waals surface area contributed by atoms with E-state index in [1.54, 1.807) is 43.5 Å². The Bertz CT molecular complexity index is 1420. The third-order valence-corrected chi connectivity index (χ3v) is 6.00. The van der Waals surface area contributed by atoms with Crippen molar-refractivity contribution in [2.45, 2.75) is 39.5 Å². The van der Waals surface area contributed by atoms with Gasteiger partial charge < -0.3 is 33.9 Å². The number of fused-ring (bicyclic) bond motifs is 1. The van der Waals surface area contributed by atoms with Gasteiger partial charge in [-0.25, -0.2) is 0 Å². The van der Waals surface area contributed by atoms with E-state index < -0.39 is 17.4 Å². The van der Waals surface area contributed by atoms with Crippen LogP contribution in [0.3, 0.4) is 0 Å². The molecule has 0 bridgehead atoms. The van der Waals surface area contributed by atoms with Gasteiger partial charge in [-0.15, -0.1) is 0 Å². The average Bonchev–Trinajstić information content (AvgIpc) is 2.92. The smallest absolute Gasteiger partial charge is 0.308 e. The number of nitrogens with one attached hydrogen (secondary N) is 1. The minimum absolute atomic E-state index is 0.0770. The number of amides is 1. The molecule has 0 aliphatic carbocycles. The van der Waals surface area contributed by atoms with Crippen LogP contribution in [0.25, 0.3) is 17.0 Å². The van der Waals surface area contributed by atoms with E-state index >= 15 is 0 Å². The van der Waals surface area contributed by atoms with Crippen molar-refractivity contribution in [3.63, 3.8) is 0 Å². The van der Waals surface area contributed by atoms with Crippen molar-refractivity contribution in [1.82, 2.24) is 4.57 Å². The van der Waals surface area contributed by atoms with E-state index in [9.17, 15) is 19.5 Å². The Morgan fingerprint density at radius 1 is 1.03 bits per heavy atom. The van der Waals surface area contributed by atoms with Gasteiger partial charge in [-0.1, -0.05) is 26.2 Å². The lowest BCUT2D eigenvalue weighted by Crippen LogP contribution is -2.20. The normalized spacial score (nSPS) is 11.0. The number of aromatic nitrogens is 1. The van der Waals surface area contributed by atoms with E-state index in [1.807, 2.05) is 0 Å². The summed E-state index contributed by atoms with van der Waals surface area (Å²) in [5, 5.41) is 13.9. The standard InChI is InChI=1S/C29H34N2O8/c1-6-7-8-9-14-38-28-26(34)21-12-11-20(17-22(21)31(3)29(28)35)30-25(33)13-10-19-15-23(36-4)27(39-18(2)32)24(16-19)37-5/h10-13,15-17,34H,6-9,14H2,1-5H3,(H,30,33). The molecule has 1 amide bonds. The first-order valence-electron chi connectivity index (χ1n) is 12.6. The summed E-state index contributed by atoms with van der Waals surface area (Å²) >= 11 is 0. The van der Waals surface area contributed by atoms with Gasteiger partial charge in [-0.05, 0) is 48.4 Å². The van der Waals surface area contributed by atoms with Gasteiger partial charge in [-0.3, -0.25) is 14.4 Å². The molecule has 0 atom stereocenters. The zero-order chi connectivity index (χ0) is 28.5. The lowest BCUT2D eigenvalue weighted by molar-refractivity contribution is -0.132. The van der Waals surface area contributed by atoms with Gasteiger partial charge in [0.2, 0.25) is 17.4 Å². The van der Waals surface area contributed by atoms with Crippen molar-refractivity contribution in [1.29, 1.82) is 0 Å². The molecule has 0 radical (unpaired) electrons. The Hall–Kier alpha value is -4.47. The maximum Gasteiger partial charge on any atom is 0.308 e. The molecule has 39 heavy (non-hydrogen) atoms. The average molecular weight is 539 g/mol. The number of esters is 1. The number of carbonyl (C=O) groups is 2. The van der Waals surface area contributed by atoms with Crippen molar-refractivity contribution in [2.75, 3.05) is 26.1 Å². The molecule has 3 aromatic rings. The molecule has 0 aliphatic rings. The summed E-state index contributed by atoms with van der Waals surface area (Å²) in [6.45, 7) is 3.73. The van der Waals surface area contributed by atoms with E-state index in [-0.39, 0.29) is 28.7 Å². The van der Waals surface area contributed by atoms with Crippen LogP contribution in [0.2, 0.25) is 0 Å². The molecule has 1 heterocycles. The first-order chi connectivity index (χ1) is 18.7. The molecule has 0 unspecified atom stereocenters. The molecular formula is C29H34N2O8. The predicted molar refractivity (Wildman–Crippen MR) is 149 cm³/mol. The number of methoxy groups -OCH3 is 2. The number of hydrogen-bond acceptors (Lipinski definition) is 8. The minimum Gasteiger partial charge on any atom is -0.504 e. The Morgan fingerprint density at radius 2 is 1.72 bits per heavy atom. The number of carbonyl (C=O) groups excluding carboxylic acids is 2. The highest BCUT2D eigenvalue weighted by atomic mass is 16.6. The largest absolute Gasteiger partial charge is 0.504 e. The van der Waals surface area contributed by atoms with Crippen LogP contribution in [0.4, 0.5) is 5.69 Å². The molecule has 10 heteroatoms. The number of hydrogen-bond donors (Lipinski definition) is 2. The van der Waals surface area contributed by atoms with E-state index in [2.05, 4.69) is 12.2 Å².